The molecule has 0 saturated heterocycles. The minimum absolute atomic E-state index is 0.0616. The van der Waals surface area contributed by atoms with Crippen LogP contribution in [-0.4, -0.2) is 4.98 Å². The lowest BCUT2D eigenvalue weighted by Gasteiger charge is -2.10. The summed E-state index contributed by atoms with van der Waals surface area (Å²) in [6, 6.07) is 7.66. The number of hydrogen-bond acceptors (Lipinski definition) is 2. The maximum atomic E-state index is 12.5. The summed E-state index contributed by atoms with van der Waals surface area (Å²) < 4.78 is 37.6. The summed E-state index contributed by atoms with van der Waals surface area (Å²) in [5, 5.41) is 0.665. The van der Waals surface area contributed by atoms with E-state index in [1.807, 2.05) is 0 Å². The highest BCUT2D eigenvalue weighted by Crippen LogP contribution is 2.30. The molecule has 0 aliphatic heterocycles. The average molecular weight is 226 g/mol. The first-order chi connectivity index (χ1) is 7.52. The lowest BCUT2D eigenvalue weighted by Crippen LogP contribution is -2.10. The first-order valence-corrected chi connectivity index (χ1v) is 4.68. The highest BCUT2D eigenvalue weighted by molar-refractivity contribution is 5.82. The monoisotopic (exact) mass is 226 g/mol. The Morgan fingerprint density at radius 1 is 1.19 bits per heavy atom. The zero-order valence-corrected chi connectivity index (χ0v) is 8.25. The van der Waals surface area contributed by atoms with Gasteiger partial charge in [-0.05, 0) is 17.7 Å². The van der Waals surface area contributed by atoms with E-state index in [1.165, 1.54) is 0 Å². The summed E-state index contributed by atoms with van der Waals surface area (Å²) in [5.41, 5.74) is 5.31. The van der Waals surface area contributed by atoms with Gasteiger partial charge < -0.3 is 5.73 Å². The fraction of sp³-hybridized carbons (Fsp3) is 0.182. The average Bonchev–Trinajstić information content (AvgIpc) is 2.26. The summed E-state index contributed by atoms with van der Waals surface area (Å²) in [6.45, 7) is 0.0616. The van der Waals surface area contributed by atoms with E-state index in [9.17, 15) is 13.2 Å². The van der Waals surface area contributed by atoms with Crippen molar-refractivity contribution in [1.82, 2.24) is 4.98 Å². The molecule has 0 aliphatic rings. The number of rotatable bonds is 1. The minimum Gasteiger partial charge on any atom is -0.326 e. The summed E-state index contributed by atoms with van der Waals surface area (Å²) in [5.74, 6) is 0. The van der Waals surface area contributed by atoms with E-state index in [2.05, 4.69) is 4.98 Å². The van der Waals surface area contributed by atoms with Gasteiger partial charge in [-0.1, -0.05) is 18.2 Å². The smallest absolute Gasteiger partial charge is 0.326 e. The fourth-order valence-corrected chi connectivity index (χ4v) is 1.56. The molecule has 0 spiro atoms. The van der Waals surface area contributed by atoms with Crippen molar-refractivity contribution in [2.75, 3.05) is 0 Å². The minimum atomic E-state index is -4.44. The van der Waals surface area contributed by atoms with Gasteiger partial charge in [0, 0.05) is 11.9 Å². The Labute approximate surface area is 89.9 Å². The Balaban J connectivity index is 2.73. The molecule has 5 heteroatoms. The highest BCUT2D eigenvalue weighted by Gasteiger charge is 2.33. The second kappa shape index (κ2) is 3.75. The summed E-state index contributed by atoms with van der Waals surface area (Å²) in [4.78, 5) is 3.57. The summed E-state index contributed by atoms with van der Waals surface area (Å²) >= 11 is 0. The Bertz CT molecular complexity index is 520. The van der Waals surface area contributed by atoms with Crippen molar-refractivity contribution in [3.63, 3.8) is 0 Å². The molecule has 0 saturated carbocycles. The van der Waals surface area contributed by atoms with Crippen LogP contribution in [0.15, 0.2) is 30.3 Å². The molecule has 2 N–H and O–H groups in total. The van der Waals surface area contributed by atoms with Gasteiger partial charge >= 0.3 is 6.18 Å². The molecular weight excluding hydrogens is 217 g/mol. The van der Waals surface area contributed by atoms with Crippen molar-refractivity contribution >= 4 is 10.9 Å². The third-order valence-electron chi connectivity index (χ3n) is 2.31. The molecule has 0 fully saturated rings. The van der Waals surface area contributed by atoms with Gasteiger partial charge in [-0.2, -0.15) is 13.2 Å². The number of pyridine rings is 1. The normalized spacial score (nSPS) is 12.0. The highest BCUT2D eigenvalue weighted by atomic mass is 19.4. The maximum absolute atomic E-state index is 12.5. The number of benzene rings is 1. The third kappa shape index (κ3) is 1.86. The van der Waals surface area contributed by atoms with Gasteiger partial charge in [0.1, 0.15) is 5.69 Å². The van der Waals surface area contributed by atoms with Crippen LogP contribution in [0.3, 0.4) is 0 Å². The van der Waals surface area contributed by atoms with Gasteiger partial charge in [0.2, 0.25) is 0 Å². The van der Waals surface area contributed by atoms with Crippen LogP contribution in [0.25, 0.3) is 10.9 Å². The van der Waals surface area contributed by atoms with E-state index in [-0.39, 0.29) is 6.54 Å². The molecule has 84 valence electrons. The van der Waals surface area contributed by atoms with Crippen LogP contribution < -0.4 is 5.73 Å². The Hall–Kier alpha value is -1.62. The van der Waals surface area contributed by atoms with Gasteiger partial charge in [-0.15, -0.1) is 0 Å². The molecule has 1 aromatic heterocycles. The molecule has 16 heavy (non-hydrogen) atoms. The molecular formula is C11H9F3N2. The molecule has 1 aromatic carbocycles. The number of aromatic nitrogens is 1. The van der Waals surface area contributed by atoms with Crippen LogP contribution >= 0.6 is 0 Å². The van der Waals surface area contributed by atoms with E-state index in [0.717, 1.165) is 6.07 Å². The topological polar surface area (TPSA) is 38.9 Å². The van der Waals surface area contributed by atoms with Crippen molar-refractivity contribution in [2.24, 2.45) is 5.73 Å². The molecule has 0 amide bonds. The molecule has 2 aromatic rings. The van der Waals surface area contributed by atoms with Gasteiger partial charge in [0.05, 0.1) is 5.52 Å². The fourth-order valence-electron chi connectivity index (χ4n) is 1.56. The number of para-hydroxylation sites is 1. The molecule has 0 aliphatic carbocycles. The van der Waals surface area contributed by atoms with Crippen molar-refractivity contribution in [2.45, 2.75) is 12.7 Å². The molecule has 0 radical (unpaired) electrons. The second-order valence-electron chi connectivity index (χ2n) is 3.39. The lowest BCUT2D eigenvalue weighted by molar-refractivity contribution is -0.141. The molecule has 1 heterocycles. The maximum Gasteiger partial charge on any atom is 0.433 e. The van der Waals surface area contributed by atoms with E-state index < -0.39 is 11.9 Å². The van der Waals surface area contributed by atoms with Crippen LogP contribution in [0.2, 0.25) is 0 Å². The van der Waals surface area contributed by atoms with Crippen LogP contribution in [0, 0.1) is 0 Å². The van der Waals surface area contributed by atoms with Gasteiger partial charge in [0.25, 0.3) is 0 Å². The van der Waals surface area contributed by atoms with Gasteiger partial charge in [0.15, 0.2) is 0 Å². The predicted octanol–water partition coefficient (Wildman–Crippen LogP) is 2.71. The number of halogens is 3. The largest absolute Gasteiger partial charge is 0.433 e. The second-order valence-corrected chi connectivity index (χ2v) is 3.39. The molecule has 2 rings (SSSR count). The van der Waals surface area contributed by atoms with Gasteiger partial charge in [-0.3, -0.25) is 0 Å². The predicted molar refractivity (Wildman–Crippen MR) is 54.6 cm³/mol. The van der Waals surface area contributed by atoms with Gasteiger partial charge in [-0.25, -0.2) is 4.98 Å². The van der Waals surface area contributed by atoms with E-state index in [4.69, 9.17) is 5.73 Å². The lowest BCUT2D eigenvalue weighted by atomic mass is 10.1. The SMILES string of the molecule is NCc1cc(C(F)(F)F)nc2ccccc12. The molecule has 0 bridgehead atoms. The molecule has 0 unspecified atom stereocenters. The first kappa shape index (κ1) is 10.9. The van der Waals surface area contributed by atoms with Crippen LogP contribution in [0.4, 0.5) is 13.2 Å². The standard InChI is InChI=1S/C11H9F3N2/c12-11(13,14)10-5-7(6-15)8-3-1-2-4-9(8)16-10/h1-5H,6,15H2. The van der Waals surface area contributed by atoms with Crippen molar-refractivity contribution in [1.29, 1.82) is 0 Å². The zero-order valence-electron chi connectivity index (χ0n) is 8.25. The number of alkyl halides is 3. The number of nitrogens with two attached hydrogens (primary N) is 1. The molecule has 2 nitrogen and oxygen atoms in total. The zero-order chi connectivity index (χ0) is 11.8. The first-order valence-electron chi connectivity index (χ1n) is 4.68. The number of fused-ring (bicyclic) bond motifs is 1. The van der Waals surface area contributed by atoms with Crippen LogP contribution in [0.5, 0.6) is 0 Å². The Morgan fingerprint density at radius 3 is 2.50 bits per heavy atom. The van der Waals surface area contributed by atoms with Crippen molar-refractivity contribution in [3.05, 3.63) is 41.6 Å². The van der Waals surface area contributed by atoms with Crippen LogP contribution in [0.1, 0.15) is 11.3 Å². The number of nitrogens with zero attached hydrogens (tertiary/aromatic N) is 1. The van der Waals surface area contributed by atoms with E-state index in [1.54, 1.807) is 24.3 Å². The number of hydrogen-bond donors (Lipinski definition) is 1. The van der Waals surface area contributed by atoms with Crippen LogP contribution in [-0.2, 0) is 12.7 Å². The van der Waals surface area contributed by atoms with Crippen molar-refractivity contribution in [3.8, 4) is 0 Å². The van der Waals surface area contributed by atoms with Crippen molar-refractivity contribution < 1.29 is 13.2 Å². The Morgan fingerprint density at radius 2 is 1.88 bits per heavy atom. The molecule has 0 atom stereocenters. The van der Waals surface area contributed by atoms with E-state index in [0.29, 0.717) is 16.5 Å². The quantitative estimate of drug-likeness (QED) is 0.811. The third-order valence-corrected chi connectivity index (χ3v) is 2.31. The Kier molecular flexibility index (Phi) is 2.55. The summed E-state index contributed by atoms with van der Waals surface area (Å²) in [6.07, 6.45) is -4.44. The van der Waals surface area contributed by atoms with E-state index >= 15 is 0 Å². The summed E-state index contributed by atoms with van der Waals surface area (Å²) in [7, 11) is 0.